The van der Waals surface area contributed by atoms with Crippen molar-refractivity contribution in [3.05, 3.63) is 47.0 Å². The van der Waals surface area contributed by atoms with Gasteiger partial charge in [0.15, 0.2) is 0 Å². The van der Waals surface area contributed by atoms with Crippen LogP contribution in [0.1, 0.15) is 56.7 Å². The third-order valence-electron chi connectivity index (χ3n) is 7.37. The lowest BCUT2D eigenvalue weighted by Crippen LogP contribution is -2.74. The Morgan fingerprint density at radius 1 is 1.20 bits per heavy atom. The Morgan fingerprint density at radius 3 is 2.37 bits per heavy atom. The van der Waals surface area contributed by atoms with Crippen LogP contribution in [0, 0.1) is 28.1 Å². The van der Waals surface area contributed by atoms with Crippen molar-refractivity contribution in [2.75, 3.05) is 18.0 Å². The number of aldehydes is 1. The number of hydrogen-bond donors (Lipinski definition) is 1. The summed E-state index contributed by atoms with van der Waals surface area (Å²) in [4.78, 5) is 34.7. The van der Waals surface area contributed by atoms with E-state index in [4.69, 9.17) is 21.6 Å². The van der Waals surface area contributed by atoms with Gasteiger partial charge in [0.25, 0.3) is 5.91 Å². The summed E-state index contributed by atoms with van der Waals surface area (Å²) in [5.41, 5.74) is 0.502. The van der Waals surface area contributed by atoms with Crippen molar-refractivity contribution in [2.45, 2.75) is 52.7 Å². The second kappa shape index (κ2) is 9.46. The summed E-state index contributed by atoms with van der Waals surface area (Å²) in [5, 5.41) is 12.5. The van der Waals surface area contributed by atoms with E-state index in [-0.39, 0.29) is 40.6 Å². The number of hydrogen-bond acceptors (Lipinski definition) is 7. The molecule has 0 unspecified atom stereocenters. The molecule has 2 fully saturated rings. The van der Waals surface area contributed by atoms with Crippen molar-refractivity contribution in [1.29, 1.82) is 5.26 Å². The number of nitrogens with zero attached hydrogens (tertiary/aromatic N) is 4. The molecule has 1 aliphatic carbocycles. The van der Waals surface area contributed by atoms with Crippen LogP contribution in [0.4, 0.5) is 5.69 Å². The van der Waals surface area contributed by atoms with Gasteiger partial charge in [-0.1, -0.05) is 39.3 Å². The van der Waals surface area contributed by atoms with Crippen molar-refractivity contribution in [3.63, 3.8) is 0 Å². The summed E-state index contributed by atoms with van der Waals surface area (Å²) in [7, 11) is 0. The lowest BCUT2D eigenvalue weighted by molar-refractivity contribution is -0.164. The number of amides is 1. The van der Waals surface area contributed by atoms with E-state index in [1.807, 2.05) is 33.8 Å². The average Bonchev–Trinajstić information content (AvgIpc) is 2.85. The zero-order chi connectivity index (χ0) is 25.4. The third kappa shape index (κ3) is 4.70. The molecule has 1 amide bonds. The van der Waals surface area contributed by atoms with Crippen LogP contribution in [-0.2, 0) is 4.79 Å². The monoisotopic (exact) mass is 495 g/mol. The molecule has 1 aliphatic heterocycles. The van der Waals surface area contributed by atoms with Crippen molar-refractivity contribution in [2.24, 2.45) is 16.7 Å². The van der Waals surface area contributed by atoms with E-state index in [0.29, 0.717) is 16.3 Å². The summed E-state index contributed by atoms with van der Waals surface area (Å²) >= 11 is 6.17. The van der Waals surface area contributed by atoms with Crippen molar-refractivity contribution in [3.8, 4) is 11.8 Å². The van der Waals surface area contributed by atoms with Crippen molar-refractivity contribution in [1.82, 2.24) is 15.3 Å². The van der Waals surface area contributed by atoms with Gasteiger partial charge < -0.3 is 19.7 Å². The summed E-state index contributed by atoms with van der Waals surface area (Å²) in [6.45, 7) is 9.74. The largest absolute Gasteiger partial charge is 0.489 e. The molecule has 1 saturated carbocycles. The summed E-state index contributed by atoms with van der Waals surface area (Å²) in [6.07, 6.45) is 5.80. The van der Waals surface area contributed by atoms with Gasteiger partial charge in [0.2, 0.25) is 5.82 Å². The quantitative estimate of drug-likeness (QED) is 0.602. The van der Waals surface area contributed by atoms with Gasteiger partial charge in [-0.2, -0.15) is 5.26 Å². The lowest BCUT2D eigenvalue weighted by Gasteiger charge is -2.63. The van der Waals surface area contributed by atoms with Crippen LogP contribution >= 0.6 is 11.6 Å². The molecule has 2 aliphatic rings. The number of piperidine rings is 1. The molecule has 1 aromatic carbocycles. The number of benzene rings is 1. The molecule has 9 heteroatoms. The minimum Gasteiger partial charge on any atom is -0.489 e. The Bertz CT molecular complexity index is 1130. The Hall–Kier alpha value is -3.18. The van der Waals surface area contributed by atoms with Gasteiger partial charge in [-0.3, -0.25) is 4.79 Å². The SMILES string of the molecule is CC1(C)[C@H](NC(=O)c2ncc(N3CCC(C=O)CC3)cn2)C(C)(C)[C@H]1Oc1ccc(C#N)c(Cl)c1. The van der Waals surface area contributed by atoms with Crippen LogP contribution in [0.5, 0.6) is 5.75 Å². The van der Waals surface area contributed by atoms with E-state index in [0.717, 1.165) is 37.9 Å². The molecule has 0 radical (unpaired) electrons. The number of ether oxygens (including phenoxy) is 1. The molecule has 35 heavy (non-hydrogen) atoms. The minimum absolute atomic E-state index is 0.117. The molecular formula is C26H30ClN5O3. The Balaban J connectivity index is 1.41. The third-order valence-corrected chi connectivity index (χ3v) is 7.68. The Morgan fingerprint density at radius 2 is 1.83 bits per heavy atom. The normalized spacial score (nSPS) is 23.0. The highest BCUT2D eigenvalue weighted by Crippen LogP contribution is 2.55. The number of aromatic nitrogens is 2. The van der Waals surface area contributed by atoms with Crippen LogP contribution in [0.25, 0.3) is 0 Å². The first-order chi connectivity index (χ1) is 16.6. The van der Waals surface area contributed by atoms with Gasteiger partial charge >= 0.3 is 0 Å². The molecule has 184 valence electrons. The van der Waals surface area contributed by atoms with Crippen LogP contribution in [-0.4, -0.2) is 47.4 Å². The first-order valence-electron chi connectivity index (χ1n) is 11.8. The Labute approximate surface area is 210 Å². The fourth-order valence-corrected chi connectivity index (χ4v) is 5.90. The predicted octanol–water partition coefficient (Wildman–Crippen LogP) is 4.03. The topological polar surface area (TPSA) is 108 Å². The zero-order valence-electron chi connectivity index (χ0n) is 20.4. The number of halogens is 1. The number of carbonyl (C=O) groups excluding carboxylic acids is 2. The van der Waals surface area contributed by atoms with Crippen molar-refractivity contribution >= 4 is 29.5 Å². The summed E-state index contributed by atoms with van der Waals surface area (Å²) in [6, 6.07) is 6.89. The maximum absolute atomic E-state index is 13.0. The number of nitriles is 1. The van der Waals surface area contributed by atoms with E-state index in [1.54, 1.807) is 30.6 Å². The molecule has 0 spiro atoms. The highest BCUT2D eigenvalue weighted by molar-refractivity contribution is 6.31. The molecule has 2 aromatic rings. The molecule has 4 rings (SSSR count). The van der Waals surface area contributed by atoms with Gasteiger partial charge in [-0.15, -0.1) is 0 Å². The maximum atomic E-state index is 13.0. The van der Waals surface area contributed by atoms with Crippen LogP contribution in [0.2, 0.25) is 5.02 Å². The standard InChI is InChI=1S/C26H30ClN5O3/c1-25(2)23(26(3,4)24(25)35-19-6-5-17(12-28)20(27)11-19)31-22(34)21-29-13-18(14-30-21)32-9-7-16(15-33)8-10-32/h5-6,11,13-16,23-24H,7-10H2,1-4H3,(H,31,34)/t23-,24-. The van der Waals surface area contributed by atoms with E-state index in [2.05, 4.69) is 20.2 Å². The molecule has 1 N–H and O–H groups in total. The highest BCUT2D eigenvalue weighted by Gasteiger charge is 2.64. The van der Waals surface area contributed by atoms with Gasteiger partial charge in [0.05, 0.1) is 28.7 Å². The van der Waals surface area contributed by atoms with E-state index < -0.39 is 0 Å². The van der Waals surface area contributed by atoms with Gasteiger partial charge in [-0.05, 0) is 25.0 Å². The smallest absolute Gasteiger partial charge is 0.289 e. The van der Waals surface area contributed by atoms with Crippen LogP contribution in [0.15, 0.2) is 30.6 Å². The number of nitrogens with one attached hydrogen (secondary N) is 1. The molecule has 1 saturated heterocycles. The zero-order valence-corrected chi connectivity index (χ0v) is 21.2. The first kappa shape index (κ1) is 24.9. The van der Waals surface area contributed by atoms with Gasteiger partial charge in [0.1, 0.15) is 24.2 Å². The van der Waals surface area contributed by atoms with Gasteiger partial charge in [-0.25, -0.2) is 9.97 Å². The summed E-state index contributed by atoms with van der Waals surface area (Å²) < 4.78 is 6.27. The molecule has 2 heterocycles. The van der Waals surface area contributed by atoms with Crippen molar-refractivity contribution < 1.29 is 14.3 Å². The molecular weight excluding hydrogens is 466 g/mol. The minimum atomic E-state index is -0.373. The van der Waals surface area contributed by atoms with Crippen LogP contribution in [0.3, 0.4) is 0 Å². The molecule has 0 bridgehead atoms. The number of carbonyl (C=O) groups is 2. The first-order valence-corrected chi connectivity index (χ1v) is 12.1. The molecule has 0 atom stereocenters. The van der Waals surface area contributed by atoms with Crippen LogP contribution < -0.4 is 15.0 Å². The number of rotatable bonds is 6. The molecule has 1 aromatic heterocycles. The second-order valence-electron chi connectivity index (χ2n) is 10.5. The second-order valence-corrected chi connectivity index (χ2v) is 10.9. The van der Waals surface area contributed by atoms with E-state index in [1.165, 1.54) is 0 Å². The van der Waals surface area contributed by atoms with E-state index in [9.17, 15) is 9.59 Å². The predicted molar refractivity (Wildman–Crippen MR) is 132 cm³/mol. The Kier molecular flexibility index (Phi) is 6.74. The fraction of sp³-hybridized carbons (Fsp3) is 0.500. The highest BCUT2D eigenvalue weighted by atomic mass is 35.5. The van der Waals surface area contributed by atoms with E-state index >= 15 is 0 Å². The lowest BCUT2D eigenvalue weighted by atomic mass is 9.49. The van der Waals surface area contributed by atoms with Gasteiger partial charge in [0, 0.05) is 41.9 Å². The number of anilines is 1. The molecule has 8 nitrogen and oxygen atoms in total. The summed E-state index contributed by atoms with van der Waals surface area (Å²) in [5.74, 6) is 0.489. The fourth-order valence-electron chi connectivity index (χ4n) is 5.69. The average molecular weight is 496 g/mol. The maximum Gasteiger partial charge on any atom is 0.289 e.